The number of rotatable bonds is 4. The van der Waals surface area contributed by atoms with Gasteiger partial charge in [0, 0.05) is 30.8 Å². The van der Waals surface area contributed by atoms with E-state index < -0.39 is 5.92 Å². The lowest BCUT2D eigenvalue weighted by Crippen LogP contribution is -2.32. The molecule has 0 radical (unpaired) electrons. The number of ether oxygens (including phenoxy) is 2. The molecule has 0 aliphatic carbocycles. The maximum absolute atomic E-state index is 12.3. The fourth-order valence-electron chi connectivity index (χ4n) is 2.98. The molecule has 2 amide bonds. The molecule has 0 unspecified atom stereocenters. The molecule has 2 aliphatic heterocycles. The Labute approximate surface area is 143 Å². The molecule has 4 rings (SSSR count). The summed E-state index contributed by atoms with van der Waals surface area (Å²) in [5.41, 5.74) is 0.708. The highest BCUT2D eigenvalue weighted by molar-refractivity contribution is 6.00. The van der Waals surface area contributed by atoms with Crippen LogP contribution in [0.25, 0.3) is 0 Å². The van der Waals surface area contributed by atoms with Crippen LogP contribution in [0.1, 0.15) is 12.2 Å². The summed E-state index contributed by atoms with van der Waals surface area (Å²) < 4.78 is 16.0. The Hall–Kier alpha value is -3.03. The van der Waals surface area contributed by atoms with Crippen molar-refractivity contribution in [3.8, 4) is 11.5 Å². The number of aromatic nitrogens is 1. The van der Waals surface area contributed by atoms with Crippen LogP contribution in [0, 0.1) is 5.92 Å². The maximum atomic E-state index is 12.3. The SMILES string of the molecule is O=C(NCc1ccno1)[C@@H]1CC(=O)N(c2ccc3c(c2)OCCO3)C1. The highest BCUT2D eigenvalue weighted by Crippen LogP contribution is 2.35. The van der Waals surface area contributed by atoms with E-state index in [2.05, 4.69) is 10.5 Å². The molecule has 0 saturated carbocycles. The van der Waals surface area contributed by atoms with E-state index in [4.69, 9.17) is 14.0 Å². The zero-order chi connectivity index (χ0) is 17.2. The number of fused-ring (bicyclic) bond motifs is 1. The molecular weight excluding hydrogens is 326 g/mol. The molecule has 1 aromatic carbocycles. The third-order valence-corrected chi connectivity index (χ3v) is 4.26. The van der Waals surface area contributed by atoms with Gasteiger partial charge >= 0.3 is 0 Å². The third kappa shape index (κ3) is 3.15. The number of carbonyl (C=O) groups excluding carboxylic acids is 2. The lowest BCUT2D eigenvalue weighted by atomic mass is 10.1. The number of nitrogens with one attached hydrogen (secondary N) is 1. The molecule has 0 spiro atoms. The number of benzene rings is 1. The number of amides is 2. The second-order valence-corrected chi connectivity index (χ2v) is 5.93. The molecule has 8 nitrogen and oxygen atoms in total. The Morgan fingerprint density at radius 2 is 2.08 bits per heavy atom. The van der Waals surface area contributed by atoms with E-state index in [0.717, 1.165) is 0 Å². The fraction of sp³-hybridized carbons (Fsp3) is 0.353. The summed E-state index contributed by atoms with van der Waals surface area (Å²) in [6.45, 7) is 1.59. The van der Waals surface area contributed by atoms with E-state index in [1.54, 1.807) is 29.2 Å². The van der Waals surface area contributed by atoms with Gasteiger partial charge in [-0.15, -0.1) is 0 Å². The number of hydrogen-bond acceptors (Lipinski definition) is 6. The Kier molecular flexibility index (Phi) is 4.01. The van der Waals surface area contributed by atoms with Crippen molar-refractivity contribution in [1.82, 2.24) is 10.5 Å². The first-order valence-electron chi connectivity index (χ1n) is 8.08. The Morgan fingerprint density at radius 1 is 1.24 bits per heavy atom. The highest BCUT2D eigenvalue weighted by atomic mass is 16.6. The normalized spacial score (nSPS) is 19.1. The summed E-state index contributed by atoms with van der Waals surface area (Å²) in [6, 6.07) is 7.05. The van der Waals surface area contributed by atoms with Crippen molar-refractivity contribution in [2.45, 2.75) is 13.0 Å². The number of hydrogen-bond donors (Lipinski definition) is 1. The molecule has 8 heteroatoms. The van der Waals surface area contributed by atoms with E-state index in [1.165, 1.54) is 6.20 Å². The van der Waals surface area contributed by atoms with E-state index >= 15 is 0 Å². The van der Waals surface area contributed by atoms with Gasteiger partial charge in [-0.2, -0.15) is 0 Å². The summed E-state index contributed by atoms with van der Waals surface area (Å²) in [5.74, 6) is 1.20. The summed E-state index contributed by atoms with van der Waals surface area (Å²) in [4.78, 5) is 26.2. The highest BCUT2D eigenvalue weighted by Gasteiger charge is 2.35. The van der Waals surface area contributed by atoms with Crippen molar-refractivity contribution in [1.29, 1.82) is 0 Å². The van der Waals surface area contributed by atoms with E-state index in [-0.39, 0.29) is 24.8 Å². The van der Waals surface area contributed by atoms with Crippen LogP contribution in [-0.2, 0) is 16.1 Å². The molecule has 1 fully saturated rings. The average molecular weight is 343 g/mol. The fourth-order valence-corrected chi connectivity index (χ4v) is 2.98. The van der Waals surface area contributed by atoms with Crippen LogP contribution in [0.15, 0.2) is 35.0 Å². The van der Waals surface area contributed by atoms with Gasteiger partial charge in [0.25, 0.3) is 0 Å². The van der Waals surface area contributed by atoms with Gasteiger partial charge in [0.15, 0.2) is 17.3 Å². The van der Waals surface area contributed by atoms with Gasteiger partial charge in [-0.1, -0.05) is 5.16 Å². The Morgan fingerprint density at radius 3 is 2.88 bits per heavy atom. The van der Waals surface area contributed by atoms with Crippen LogP contribution < -0.4 is 19.7 Å². The summed E-state index contributed by atoms with van der Waals surface area (Å²) >= 11 is 0. The molecule has 1 atom stereocenters. The van der Waals surface area contributed by atoms with Gasteiger partial charge in [0.1, 0.15) is 13.2 Å². The van der Waals surface area contributed by atoms with E-state index in [0.29, 0.717) is 42.7 Å². The molecule has 2 aromatic rings. The Balaban J connectivity index is 1.42. The lowest BCUT2D eigenvalue weighted by Gasteiger charge is -2.22. The van der Waals surface area contributed by atoms with Crippen molar-refractivity contribution >= 4 is 17.5 Å². The van der Waals surface area contributed by atoms with Crippen molar-refractivity contribution in [2.24, 2.45) is 5.92 Å². The topological polar surface area (TPSA) is 93.9 Å². The van der Waals surface area contributed by atoms with Gasteiger partial charge in [-0.3, -0.25) is 9.59 Å². The second-order valence-electron chi connectivity index (χ2n) is 5.93. The average Bonchev–Trinajstić information content (AvgIpc) is 3.29. The van der Waals surface area contributed by atoms with Crippen LogP contribution >= 0.6 is 0 Å². The minimum absolute atomic E-state index is 0.0866. The van der Waals surface area contributed by atoms with Crippen LogP contribution in [0.2, 0.25) is 0 Å². The van der Waals surface area contributed by atoms with Crippen LogP contribution in [0.5, 0.6) is 11.5 Å². The molecule has 1 aromatic heterocycles. The first kappa shape index (κ1) is 15.5. The van der Waals surface area contributed by atoms with Crippen molar-refractivity contribution < 1.29 is 23.6 Å². The standard InChI is InChI=1S/C17H17N3O5/c21-16-7-11(17(22)18-9-13-3-4-19-25-13)10-20(16)12-1-2-14-15(8-12)24-6-5-23-14/h1-4,8,11H,5-7,9-10H2,(H,18,22)/t11-/m1/s1. The predicted molar refractivity (Wildman–Crippen MR) is 86.2 cm³/mol. The molecule has 25 heavy (non-hydrogen) atoms. The van der Waals surface area contributed by atoms with Gasteiger partial charge < -0.3 is 24.2 Å². The quantitative estimate of drug-likeness (QED) is 0.894. The molecule has 130 valence electrons. The van der Waals surface area contributed by atoms with Crippen LogP contribution in [0.4, 0.5) is 5.69 Å². The number of carbonyl (C=O) groups is 2. The maximum Gasteiger partial charge on any atom is 0.227 e. The van der Waals surface area contributed by atoms with Gasteiger partial charge in [0.2, 0.25) is 11.8 Å². The predicted octanol–water partition coefficient (Wildman–Crippen LogP) is 1.12. The zero-order valence-electron chi connectivity index (χ0n) is 13.4. The molecule has 2 aliphatic rings. The monoisotopic (exact) mass is 343 g/mol. The summed E-state index contributed by atoms with van der Waals surface area (Å²) in [6.07, 6.45) is 1.70. The molecule has 3 heterocycles. The molecule has 0 bridgehead atoms. The van der Waals surface area contributed by atoms with E-state index in [9.17, 15) is 9.59 Å². The molecule has 1 N–H and O–H groups in total. The van der Waals surface area contributed by atoms with Crippen LogP contribution in [0.3, 0.4) is 0 Å². The first-order valence-corrected chi connectivity index (χ1v) is 8.08. The van der Waals surface area contributed by atoms with Crippen LogP contribution in [-0.4, -0.2) is 36.7 Å². The number of nitrogens with zero attached hydrogens (tertiary/aromatic N) is 2. The van der Waals surface area contributed by atoms with Gasteiger partial charge in [-0.05, 0) is 12.1 Å². The zero-order valence-corrected chi connectivity index (χ0v) is 13.4. The third-order valence-electron chi connectivity index (χ3n) is 4.26. The van der Waals surface area contributed by atoms with E-state index in [1.807, 2.05) is 0 Å². The largest absolute Gasteiger partial charge is 0.486 e. The minimum Gasteiger partial charge on any atom is -0.486 e. The Bertz CT molecular complexity index is 790. The molecule has 1 saturated heterocycles. The van der Waals surface area contributed by atoms with Crippen molar-refractivity contribution in [3.05, 3.63) is 36.2 Å². The second kappa shape index (κ2) is 6.46. The minimum atomic E-state index is -0.399. The van der Waals surface area contributed by atoms with Gasteiger partial charge in [-0.25, -0.2) is 0 Å². The smallest absolute Gasteiger partial charge is 0.227 e. The van der Waals surface area contributed by atoms with Crippen molar-refractivity contribution in [3.63, 3.8) is 0 Å². The van der Waals surface area contributed by atoms with Crippen molar-refractivity contribution in [2.75, 3.05) is 24.7 Å². The summed E-state index contributed by atoms with van der Waals surface area (Å²) in [7, 11) is 0. The van der Waals surface area contributed by atoms with Gasteiger partial charge in [0.05, 0.1) is 18.7 Å². The number of anilines is 1. The lowest BCUT2D eigenvalue weighted by molar-refractivity contribution is -0.126. The first-order chi connectivity index (χ1) is 12.2. The summed E-state index contributed by atoms with van der Waals surface area (Å²) in [5, 5.41) is 6.36. The molecular formula is C17H17N3O5.